The first-order chi connectivity index (χ1) is 16.7. The highest BCUT2D eigenvalue weighted by molar-refractivity contribution is 5.90. The maximum atomic E-state index is 13.3. The molecule has 9 heteroatoms. The first-order valence-electron chi connectivity index (χ1n) is 11.6. The zero-order chi connectivity index (χ0) is 25.2. The molecule has 0 radical (unpaired) electrons. The Morgan fingerprint density at radius 1 is 0.971 bits per heavy atom. The molecular weight excluding hydrogens is 455 g/mol. The third kappa shape index (κ3) is 5.39. The molecule has 0 spiro atoms. The van der Waals surface area contributed by atoms with Crippen molar-refractivity contribution in [3.63, 3.8) is 0 Å². The van der Waals surface area contributed by atoms with E-state index in [0.717, 1.165) is 40.7 Å². The van der Waals surface area contributed by atoms with Crippen LogP contribution in [-0.2, 0) is 12.6 Å². The standard InChI is InChI=1S/C26H28F3N5O/c1-4-20-18(3)30-23(19-11-9-17(2)10-12-19)32-24(20)33-13-15-34(16-14-33)25(35)31-22-8-6-5-7-21(22)26(27,28)29/h5-12H,4,13-16H2,1-3H3,(H,31,35). The number of carbonyl (C=O) groups excluding carboxylic acids is 1. The summed E-state index contributed by atoms with van der Waals surface area (Å²) in [5, 5.41) is 2.43. The van der Waals surface area contributed by atoms with Gasteiger partial charge in [0.25, 0.3) is 0 Å². The van der Waals surface area contributed by atoms with E-state index in [4.69, 9.17) is 9.97 Å². The Hall–Kier alpha value is -3.62. The van der Waals surface area contributed by atoms with E-state index in [2.05, 4.69) is 17.1 Å². The van der Waals surface area contributed by atoms with Crippen LogP contribution in [0.4, 0.5) is 29.5 Å². The van der Waals surface area contributed by atoms with Crippen molar-refractivity contribution in [2.24, 2.45) is 0 Å². The molecule has 1 saturated heterocycles. The van der Waals surface area contributed by atoms with E-state index in [1.165, 1.54) is 23.1 Å². The number of benzene rings is 2. The van der Waals surface area contributed by atoms with Crippen molar-refractivity contribution >= 4 is 17.5 Å². The van der Waals surface area contributed by atoms with Gasteiger partial charge in [-0.25, -0.2) is 14.8 Å². The Bertz CT molecular complexity index is 1200. The van der Waals surface area contributed by atoms with Crippen LogP contribution >= 0.6 is 0 Å². The number of piperazine rings is 1. The first kappa shape index (κ1) is 24.5. The molecule has 6 nitrogen and oxygen atoms in total. The summed E-state index contributed by atoms with van der Waals surface area (Å²) >= 11 is 0. The van der Waals surface area contributed by atoms with Crippen molar-refractivity contribution in [2.45, 2.75) is 33.4 Å². The van der Waals surface area contributed by atoms with Crippen molar-refractivity contribution in [3.05, 3.63) is 70.9 Å². The van der Waals surface area contributed by atoms with E-state index in [1.54, 1.807) is 0 Å². The molecule has 1 N–H and O–H groups in total. The second kappa shape index (κ2) is 9.93. The van der Waals surface area contributed by atoms with Gasteiger partial charge in [-0.3, -0.25) is 0 Å². The van der Waals surface area contributed by atoms with Crippen molar-refractivity contribution < 1.29 is 18.0 Å². The van der Waals surface area contributed by atoms with Crippen LogP contribution < -0.4 is 10.2 Å². The molecule has 0 atom stereocenters. The van der Waals surface area contributed by atoms with Gasteiger partial charge in [0.2, 0.25) is 0 Å². The van der Waals surface area contributed by atoms with Gasteiger partial charge in [-0.2, -0.15) is 13.2 Å². The number of amides is 2. The predicted molar refractivity (Wildman–Crippen MR) is 131 cm³/mol. The smallest absolute Gasteiger partial charge is 0.353 e. The maximum absolute atomic E-state index is 13.3. The minimum atomic E-state index is -4.54. The number of aromatic nitrogens is 2. The lowest BCUT2D eigenvalue weighted by atomic mass is 10.1. The zero-order valence-electron chi connectivity index (χ0n) is 20.0. The van der Waals surface area contributed by atoms with Crippen LogP contribution in [0.5, 0.6) is 0 Å². The molecule has 2 heterocycles. The number of anilines is 2. The van der Waals surface area contributed by atoms with Gasteiger partial charge in [0.05, 0.1) is 11.3 Å². The molecule has 0 bridgehead atoms. The molecular formula is C26H28F3N5O. The summed E-state index contributed by atoms with van der Waals surface area (Å²) in [4.78, 5) is 26.0. The summed E-state index contributed by atoms with van der Waals surface area (Å²) in [5.41, 5.74) is 2.96. The van der Waals surface area contributed by atoms with Crippen molar-refractivity contribution in [2.75, 3.05) is 36.4 Å². The van der Waals surface area contributed by atoms with Gasteiger partial charge in [0, 0.05) is 43.0 Å². The van der Waals surface area contributed by atoms with Crippen LogP contribution in [-0.4, -0.2) is 47.1 Å². The highest BCUT2D eigenvalue weighted by Gasteiger charge is 2.34. The average Bonchev–Trinajstić information content (AvgIpc) is 2.84. The molecule has 1 aliphatic rings. The minimum Gasteiger partial charge on any atom is -0.353 e. The molecule has 0 aliphatic carbocycles. The van der Waals surface area contributed by atoms with E-state index in [-0.39, 0.29) is 5.69 Å². The Labute approximate surface area is 202 Å². The molecule has 35 heavy (non-hydrogen) atoms. The Kier molecular flexibility index (Phi) is 6.95. The number of carbonyl (C=O) groups is 1. The van der Waals surface area contributed by atoms with Crippen LogP contribution in [0.25, 0.3) is 11.4 Å². The van der Waals surface area contributed by atoms with E-state index in [1.807, 2.05) is 38.1 Å². The summed E-state index contributed by atoms with van der Waals surface area (Å²) in [6.45, 7) is 7.83. The molecule has 184 valence electrons. The number of halogens is 3. The molecule has 2 amide bonds. The SMILES string of the molecule is CCc1c(C)nc(-c2ccc(C)cc2)nc1N1CCN(C(=O)Nc2ccccc2C(F)(F)F)CC1. The third-order valence-corrected chi connectivity index (χ3v) is 6.20. The molecule has 1 aliphatic heterocycles. The number of nitrogens with one attached hydrogen (secondary N) is 1. The number of alkyl halides is 3. The van der Waals surface area contributed by atoms with Crippen LogP contribution in [0.3, 0.4) is 0 Å². The van der Waals surface area contributed by atoms with Gasteiger partial charge in [-0.05, 0) is 32.4 Å². The first-order valence-corrected chi connectivity index (χ1v) is 11.6. The number of hydrogen-bond acceptors (Lipinski definition) is 4. The van der Waals surface area contributed by atoms with Crippen molar-refractivity contribution in [1.82, 2.24) is 14.9 Å². The summed E-state index contributed by atoms with van der Waals surface area (Å²) in [7, 11) is 0. The van der Waals surface area contributed by atoms with Gasteiger partial charge in [0.1, 0.15) is 5.82 Å². The summed E-state index contributed by atoms with van der Waals surface area (Å²) in [5.74, 6) is 1.50. The van der Waals surface area contributed by atoms with E-state index in [9.17, 15) is 18.0 Å². The lowest BCUT2D eigenvalue weighted by Crippen LogP contribution is -2.50. The summed E-state index contributed by atoms with van der Waals surface area (Å²) in [6, 6.07) is 12.5. The van der Waals surface area contributed by atoms with Gasteiger partial charge < -0.3 is 15.1 Å². The predicted octanol–water partition coefficient (Wildman–Crippen LogP) is 5.70. The number of rotatable bonds is 4. The minimum absolute atomic E-state index is 0.241. The number of aryl methyl sites for hydroxylation is 2. The van der Waals surface area contributed by atoms with Crippen LogP contribution in [0.2, 0.25) is 0 Å². The highest BCUT2D eigenvalue weighted by atomic mass is 19.4. The lowest BCUT2D eigenvalue weighted by molar-refractivity contribution is -0.136. The van der Waals surface area contributed by atoms with E-state index >= 15 is 0 Å². The highest BCUT2D eigenvalue weighted by Crippen LogP contribution is 2.34. The normalized spacial score (nSPS) is 14.2. The third-order valence-electron chi connectivity index (χ3n) is 6.20. The number of para-hydroxylation sites is 1. The van der Waals surface area contributed by atoms with Crippen molar-refractivity contribution in [1.29, 1.82) is 0 Å². The quantitative estimate of drug-likeness (QED) is 0.518. The van der Waals surface area contributed by atoms with Gasteiger partial charge in [0.15, 0.2) is 5.82 Å². The Morgan fingerprint density at radius 3 is 2.26 bits per heavy atom. The number of urea groups is 1. The zero-order valence-corrected chi connectivity index (χ0v) is 20.0. The molecule has 4 rings (SSSR count). The fourth-order valence-corrected chi connectivity index (χ4v) is 4.24. The molecule has 3 aromatic rings. The molecule has 1 aromatic heterocycles. The van der Waals surface area contributed by atoms with Gasteiger partial charge in [-0.1, -0.05) is 48.9 Å². The van der Waals surface area contributed by atoms with E-state index in [0.29, 0.717) is 32.0 Å². The van der Waals surface area contributed by atoms with Crippen LogP contribution in [0.1, 0.15) is 29.3 Å². The summed E-state index contributed by atoms with van der Waals surface area (Å²) in [6.07, 6.45) is -3.77. The fraction of sp³-hybridized carbons (Fsp3) is 0.346. The Morgan fingerprint density at radius 2 is 1.63 bits per heavy atom. The number of nitrogens with zero attached hydrogens (tertiary/aromatic N) is 4. The Balaban J connectivity index is 1.50. The van der Waals surface area contributed by atoms with Gasteiger partial charge >= 0.3 is 12.2 Å². The molecule has 0 saturated carbocycles. The topological polar surface area (TPSA) is 61.4 Å². The maximum Gasteiger partial charge on any atom is 0.418 e. The second-order valence-electron chi connectivity index (χ2n) is 8.60. The fourth-order valence-electron chi connectivity index (χ4n) is 4.24. The van der Waals surface area contributed by atoms with Crippen molar-refractivity contribution in [3.8, 4) is 11.4 Å². The monoisotopic (exact) mass is 483 g/mol. The van der Waals surface area contributed by atoms with Crippen LogP contribution in [0, 0.1) is 13.8 Å². The molecule has 1 fully saturated rings. The van der Waals surface area contributed by atoms with Gasteiger partial charge in [-0.15, -0.1) is 0 Å². The van der Waals surface area contributed by atoms with E-state index < -0.39 is 17.8 Å². The largest absolute Gasteiger partial charge is 0.418 e. The number of hydrogen-bond donors (Lipinski definition) is 1. The van der Waals surface area contributed by atoms with Crippen LogP contribution in [0.15, 0.2) is 48.5 Å². The molecule has 2 aromatic carbocycles. The molecule has 0 unspecified atom stereocenters. The second-order valence-corrected chi connectivity index (χ2v) is 8.60. The average molecular weight is 484 g/mol. The summed E-state index contributed by atoms with van der Waals surface area (Å²) < 4.78 is 39.8. The lowest BCUT2D eigenvalue weighted by Gasteiger charge is -2.36.